The highest BCUT2D eigenvalue weighted by Gasteiger charge is 2.20. The SMILES string of the molecule is Cc1cc(Br)cc(Br)c1OCC(=O)Nc1ccc(N2CCN(Cc3ccccc3Cl)CC2)c(Cl)c1. The zero-order valence-electron chi connectivity index (χ0n) is 19.2. The first-order chi connectivity index (χ1) is 16.8. The van der Waals surface area contributed by atoms with Gasteiger partial charge >= 0.3 is 0 Å². The van der Waals surface area contributed by atoms with E-state index >= 15 is 0 Å². The molecule has 1 aliphatic rings. The van der Waals surface area contributed by atoms with Crippen LogP contribution in [-0.4, -0.2) is 43.6 Å². The number of rotatable bonds is 7. The van der Waals surface area contributed by atoms with Crippen molar-refractivity contribution >= 4 is 72.3 Å². The van der Waals surface area contributed by atoms with E-state index < -0.39 is 0 Å². The number of aryl methyl sites for hydroxylation is 1. The first kappa shape index (κ1) is 26.3. The molecule has 35 heavy (non-hydrogen) atoms. The second-order valence-electron chi connectivity index (χ2n) is 8.39. The van der Waals surface area contributed by atoms with E-state index in [-0.39, 0.29) is 12.5 Å². The number of anilines is 2. The first-order valence-electron chi connectivity index (χ1n) is 11.2. The topological polar surface area (TPSA) is 44.8 Å². The number of nitrogens with one attached hydrogen (secondary N) is 1. The van der Waals surface area contributed by atoms with Gasteiger partial charge in [-0.25, -0.2) is 0 Å². The van der Waals surface area contributed by atoms with Gasteiger partial charge in [0.2, 0.25) is 0 Å². The molecule has 1 amide bonds. The quantitative estimate of drug-likeness (QED) is 0.297. The van der Waals surface area contributed by atoms with E-state index in [2.05, 4.69) is 53.0 Å². The van der Waals surface area contributed by atoms with Crippen LogP contribution in [0.2, 0.25) is 10.0 Å². The zero-order valence-corrected chi connectivity index (χ0v) is 23.8. The van der Waals surface area contributed by atoms with E-state index in [9.17, 15) is 4.79 Å². The number of carbonyl (C=O) groups is 1. The van der Waals surface area contributed by atoms with Gasteiger partial charge < -0.3 is 15.0 Å². The summed E-state index contributed by atoms with van der Waals surface area (Å²) < 4.78 is 7.46. The van der Waals surface area contributed by atoms with E-state index in [4.69, 9.17) is 27.9 Å². The lowest BCUT2D eigenvalue weighted by molar-refractivity contribution is -0.118. The maximum Gasteiger partial charge on any atom is 0.262 e. The van der Waals surface area contributed by atoms with Crippen LogP contribution in [0.15, 0.2) is 63.5 Å². The number of benzene rings is 3. The molecule has 0 spiro atoms. The van der Waals surface area contributed by atoms with E-state index in [1.54, 1.807) is 6.07 Å². The molecule has 0 unspecified atom stereocenters. The molecule has 0 aliphatic carbocycles. The summed E-state index contributed by atoms with van der Waals surface area (Å²) in [5.41, 5.74) is 3.68. The molecule has 0 aromatic heterocycles. The van der Waals surface area contributed by atoms with Crippen molar-refractivity contribution in [2.24, 2.45) is 0 Å². The Morgan fingerprint density at radius 1 is 1.00 bits per heavy atom. The van der Waals surface area contributed by atoms with Crippen molar-refractivity contribution in [2.75, 3.05) is 43.0 Å². The second-order valence-corrected chi connectivity index (χ2v) is 11.0. The summed E-state index contributed by atoms with van der Waals surface area (Å²) in [4.78, 5) is 17.1. The minimum absolute atomic E-state index is 0.103. The third-order valence-electron chi connectivity index (χ3n) is 5.84. The number of hydrogen-bond donors (Lipinski definition) is 1. The predicted octanol–water partition coefficient (Wildman–Crippen LogP) is 7.17. The number of halogens is 4. The van der Waals surface area contributed by atoms with Crippen LogP contribution < -0.4 is 15.0 Å². The van der Waals surface area contributed by atoms with Crippen LogP contribution in [0.3, 0.4) is 0 Å². The lowest BCUT2D eigenvalue weighted by atomic mass is 10.2. The smallest absolute Gasteiger partial charge is 0.262 e. The van der Waals surface area contributed by atoms with Gasteiger partial charge in [-0.15, -0.1) is 0 Å². The van der Waals surface area contributed by atoms with Crippen molar-refractivity contribution in [3.05, 3.63) is 84.7 Å². The van der Waals surface area contributed by atoms with Crippen molar-refractivity contribution in [1.82, 2.24) is 4.90 Å². The third kappa shape index (κ3) is 6.92. The van der Waals surface area contributed by atoms with E-state index in [1.165, 1.54) is 0 Å². The normalized spacial score (nSPS) is 14.1. The molecule has 1 saturated heterocycles. The Bertz CT molecular complexity index is 1190. The van der Waals surface area contributed by atoms with Gasteiger partial charge in [-0.3, -0.25) is 9.69 Å². The minimum atomic E-state index is -0.253. The highest BCUT2D eigenvalue weighted by molar-refractivity contribution is 9.11. The molecule has 0 bridgehead atoms. The van der Waals surface area contributed by atoms with Crippen molar-refractivity contribution in [2.45, 2.75) is 13.5 Å². The van der Waals surface area contributed by atoms with Crippen molar-refractivity contribution in [3.8, 4) is 5.75 Å². The van der Waals surface area contributed by atoms with Crippen LogP contribution in [0.5, 0.6) is 5.75 Å². The molecule has 1 aliphatic heterocycles. The van der Waals surface area contributed by atoms with E-state index in [0.29, 0.717) is 16.5 Å². The van der Waals surface area contributed by atoms with Gasteiger partial charge in [0.25, 0.3) is 5.91 Å². The highest BCUT2D eigenvalue weighted by atomic mass is 79.9. The standard InChI is InChI=1S/C26H25Br2Cl2N3O2/c1-17-12-19(27)13-21(28)26(17)35-16-25(34)31-20-6-7-24(23(30)14-20)33-10-8-32(9-11-33)15-18-4-2-3-5-22(18)29/h2-7,12-14H,8-11,15-16H2,1H3,(H,31,34). The van der Waals surface area contributed by atoms with Crippen LogP contribution in [-0.2, 0) is 11.3 Å². The number of carbonyl (C=O) groups excluding carboxylic acids is 1. The molecule has 0 saturated carbocycles. The largest absolute Gasteiger partial charge is 0.482 e. The van der Waals surface area contributed by atoms with Crippen molar-refractivity contribution < 1.29 is 9.53 Å². The number of hydrogen-bond acceptors (Lipinski definition) is 4. The molecular weight excluding hydrogens is 617 g/mol. The molecule has 184 valence electrons. The maximum atomic E-state index is 12.5. The Labute approximate surface area is 232 Å². The fourth-order valence-corrected chi connectivity index (χ4v) is 6.11. The van der Waals surface area contributed by atoms with Gasteiger partial charge in [0.15, 0.2) is 6.61 Å². The first-order valence-corrected chi connectivity index (χ1v) is 13.5. The van der Waals surface area contributed by atoms with E-state index in [0.717, 1.165) is 63.5 Å². The summed E-state index contributed by atoms with van der Waals surface area (Å²) in [6.07, 6.45) is 0. The number of nitrogens with zero attached hydrogens (tertiary/aromatic N) is 2. The molecule has 1 N–H and O–H groups in total. The summed E-state index contributed by atoms with van der Waals surface area (Å²) in [6, 6.07) is 17.4. The van der Waals surface area contributed by atoms with Crippen LogP contribution in [0, 0.1) is 6.92 Å². The minimum Gasteiger partial charge on any atom is -0.482 e. The fraction of sp³-hybridized carbons (Fsp3) is 0.269. The number of amides is 1. The van der Waals surface area contributed by atoms with Gasteiger partial charge in [-0.05, 0) is 70.4 Å². The Balaban J connectivity index is 1.30. The Morgan fingerprint density at radius 2 is 1.74 bits per heavy atom. The molecule has 5 nitrogen and oxygen atoms in total. The van der Waals surface area contributed by atoms with Gasteiger partial charge in [0, 0.05) is 47.9 Å². The summed E-state index contributed by atoms with van der Waals surface area (Å²) in [7, 11) is 0. The summed E-state index contributed by atoms with van der Waals surface area (Å²) >= 11 is 19.8. The Hall–Kier alpha value is -1.77. The molecule has 1 heterocycles. The van der Waals surface area contributed by atoms with Crippen LogP contribution in [0.1, 0.15) is 11.1 Å². The molecule has 9 heteroatoms. The molecule has 4 rings (SSSR count). The summed E-state index contributed by atoms with van der Waals surface area (Å²) in [6.45, 7) is 6.23. The van der Waals surface area contributed by atoms with Gasteiger partial charge in [0.05, 0.1) is 15.2 Å². The monoisotopic (exact) mass is 639 g/mol. The molecular formula is C26H25Br2Cl2N3O2. The molecule has 3 aromatic rings. The van der Waals surface area contributed by atoms with Crippen LogP contribution >= 0.6 is 55.1 Å². The average Bonchev–Trinajstić information content (AvgIpc) is 2.81. The average molecular weight is 642 g/mol. The number of ether oxygens (including phenoxy) is 1. The van der Waals surface area contributed by atoms with Gasteiger partial charge in [-0.1, -0.05) is 57.3 Å². The van der Waals surface area contributed by atoms with Crippen molar-refractivity contribution in [1.29, 1.82) is 0 Å². The lowest BCUT2D eigenvalue weighted by Crippen LogP contribution is -2.46. The molecule has 3 aromatic carbocycles. The van der Waals surface area contributed by atoms with Gasteiger partial charge in [-0.2, -0.15) is 0 Å². The van der Waals surface area contributed by atoms with Crippen LogP contribution in [0.25, 0.3) is 0 Å². The molecule has 1 fully saturated rings. The zero-order chi connectivity index (χ0) is 24.9. The maximum absolute atomic E-state index is 12.5. The summed E-state index contributed by atoms with van der Waals surface area (Å²) in [5.74, 6) is 0.390. The number of piperazine rings is 1. The summed E-state index contributed by atoms with van der Waals surface area (Å²) in [5, 5.41) is 4.27. The molecule has 0 atom stereocenters. The third-order valence-corrected chi connectivity index (χ3v) is 7.56. The second kappa shape index (κ2) is 12.0. The lowest BCUT2D eigenvalue weighted by Gasteiger charge is -2.36. The Kier molecular flexibility index (Phi) is 9.00. The van der Waals surface area contributed by atoms with E-state index in [1.807, 2.05) is 49.4 Å². The fourth-order valence-electron chi connectivity index (χ4n) is 4.06. The van der Waals surface area contributed by atoms with Gasteiger partial charge in [0.1, 0.15) is 5.75 Å². The Morgan fingerprint density at radius 3 is 2.43 bits per heavy atom. The highest BCUT2D eigenvalue weighted by Crippen LogP contribution is 2.33. The van der Waals surface area contributed by atoms with Crippen molar-refractivity contribution in [3.63, 3.8) is 0 Å². The molecule has 0 radical (unpaired) electrons. The predicted molar refractivity (Wildman–Crippen MR) is 151 cm³/mol. The van der Waals surface area contributed by atoms with Crippen LogP contribution in [0.4, 0.5) is 11.4 Å².